The molecule has 0 fully saturated rings. The third kappa shape index (κ3) is 4.60. The molecule has 5 heteroatoms. The normalized spacial score (nSPS) is 11.1. The summed E-state index contributed by atoms with van der Waals surface area (Å²) >= 11 is 5.94. The summed E-state index contributed by atoms with van der Waals surface area (Å²) < 4.78 is 5.34. The van der Waals surface area contributed by atoms with Gasteiger partial charge in [0.2, 0.25) is 0 Å². The van der Waals surface area contributed by atoms with Gasteiger partial charge in [-0.05, 0) is 31.5 Å². The lowest BCUT2D eigenvalue weighted by molar-refractivity contribution is -0.123. The summed E-state index contributed by atoms with van der Waals surface area (Å²) in [5.41, 5.74) is 5.33. The number of carbonyl (C=O) groups is 1. The minimum atomic E-state index is -0.341. The van der Waals surface area contributed by atoms with Gasteiger partial charge in [0.05, 0.1) is 10.7 Å². The molecule has 0 saturated heterocycles. The number of nitrogens with zero attached hydrogens (tertiary/aromatic N) is 1. The minimum Gasteiger partial charge on any atom is -0.482 e. The molecule has 0 aliphatic rings. The van der Waals surface area contributed by atoms with Gasteiger partial charge in [0.25, 0.3) is 5.91 Å². The van der Waals surface area contributed by atoms with E-state index in [9.17, 15) is 4.79 Å². The number of halogens is 1. The highest BCUT2D eigenvalue weighted by Gasteiger charge is 2.05. The van der Waals surface area contributed by atoms with Crippen molar-refractivity contribution in [1.82, 2.24) is 5.43 Å². The molecule has 22 heavy (non-hydrogen) atoms. The van der Waals surface area contributed by atoms with E-state index in [0.29, 0.717) is 10.8 Å². The summed E-state index contributed by atoms with van der Waals surface area (Å²) in [6, 6.07) is 14.9. The third-order valence-corrected chi connectivity index (χ3v) is 3.33. The zero-order chi connectivity index (χ0) is 15.9. The van der Waals surface area contributed by atoms with Crippen LogP contribution < -0.4 is 10.2 Å². The van der Waals surface area contributed by atoms with Crippen LogP contribution in [0.3, 0.4) is 0 Å². The zero-order valence-corrected chi connectivity index (χ0v) is 13.2. The molecule has 114 valence electrons. The van der Waals surface area contributed by atoms with Gasteiger partial charge >= 0.3 is 0 Å². The molecule has 1 N–H and O–H groups in total. The fourth-order valence-electron chi connectivity index (χ4n) is 1.74. The maximum atomic E-state index is 11.7. The Hall–Kier alpha value is -2.33. The van der Waals surface area contributed by atoms with Crippen molar-refractivity contribution in [3.05, 3.63) is 64.7 Å². The van der Waals surface area contributed by atoms with Crippen LogP contribution in [0.1, 0.15) is 18.1 Å². The predicted octanol–water partition coefficient (Wildman–Crippen LogP) is 3.57. The number of ether oxygens (including phenoxy) is 1. The van der Waals surface area contributed by atoms with Gasteiger partial charge in [0.1, 0.15) is 5.75 Å². The van der Waals surface area contributed by atoms with Gasteiger partial charge in [-0.25, -0.2) is 5.43 Å². The summed E-state index contributed by atoms with van der Waals surface area (Å²) in [5.74, 6) is 0.130. The van der Waals surface area contributed by atoms with Crippen molar-refractivity contribution < 1.29 is 9.53 Å². The van der Waals surface area contributed by atoms with E-state index in [1.54, 1.807) is 24.3 Å². The largest absolute Gasteiger partial charge is 0.482 e. The standard InChI is InChI=1S/C17H17ClN2O2/c1-12-7-9-14(10-8-12)13(2)19-20-17(21)11-22-16-6-4-3-5-15(16)18/h3-10H,11H2,1-2H3,(H,20,21)/b19-13-. The van der Waals surface area contributed by atoms with Crippen molar-refractivity contribution in [1.29, 1.82) is 0 Å². The number of para-hydroxylation sites is 1. The Morgan fingerprint density at radius 2 is 1.86 bits per heavy atom. The maximum Gasteiger partial charge on any atom is 0.277 e. The smallest absolute Gasteiger partial charge is 0.277 e. The first-order valence-electron chi connectivity index (χ1n) is 6.84. The second-order valence-electron chi connectivity index (χ2n) is 4.82. The van der Waals surface area contributed by atoms with Gasteiger partial charge in [-0.15, -0.1) is 0 Å². The SMILES string of the molecule is C/C(=N/NC(=O)COc1ccccc1Cl)c1ccc(C)cc1. The van der Waals surface area contributed by atoms with Crippen LogP contribution in [0, 0.1) is 6.92 Å². The molecule has 0 heterocycles. The molecule has 2 rings (SSSR count). The first kappa shape index (κ1) is 16.0. The van der Waals surface area contributed by atoms with E-state index in [4.69, 9.17) is 16.3 Å². The van der Waals surface area contributed by atoms with Crippen molar-refractivity contribution in [2.24, 2.45) is 5.10 Å². The van der Waals surface area contributed by atoms with E-state index in [1.165, 1.54) is 5.56 Å². The zero-order valence-electron chi connectivity index (χ0n) is 12.5. The molecular formula is C17H17ClN2O2. The van der Waals surface area contributed by atoms with Gasteiger partial charge in [-0.1, -0.05) is 53.6 Å². The molecule has 0 unspecified atom stereocenters. The van der Waals surface area contributed by atoms with E-state index >= 15 is 0 Å². The number of carbonyl (C=O) groups excluding carboxylic acids is 1. The highest BCUT2D eigenvalue weighted by Crippen LogP contribution is 2.22. The number of benzene rings is 2. The van der Waals surface area contributed by atoms with E-state index in [0.717, 1.165) is 11.3 Å². The van der Waals surface area contributed by atoms with E-state index < -0.39 is 0 Å². The lowest BCUT2D eigenvalue weighted by Gasteiger charge is -2.07. The molecule has 2 aromatic rings. The predicted molar refractivity (Wildman–Crippen MR) is 88.5 cm³/mol. The number of hydrazone groups is 1. The van der Waals surface area contributed by atoms with Crippen molar-refractivity contribution in [2.75, 3.05) is 6.61 Å². The number of aryl methyl sites for hydroxylation is 1. The number of amides is 1. The first-order valence-corrected chi connectivity index (χ1v) is 7.21. The average molecular weight is 317 g/mol. The Labute approximate surface area is 134 Å². The van der Waals surface area contributed by atoms with E-state index in [2.05, 4.69) is 10.5 Å². The molecular weight excluding hydrogens is 300 g/mol. The molecule has 0 radical (unpaired) electrons. The lowest BCUT2D eigenvalue weighted by atomic mass is 10.1. The summed E-state index contributed by atoms with van der Waals surface area (Å²) in [6.45, 7) is 3.71. The molecule has 1 amide bonds. The van der Waals surface area contributed by atoms with Crippen molar-refractivity contribution >= 4 is 23.2 Å². The summed E-state index contributed by atoms with van der Waals surface area (Å²) in [7, 11) is 0. The van der Waals surface area contributed by atoms with Gasteiger partial charge in [-0.2, -0.15) is 5.10 Å². The van der Waals surface area contributed by atoms with Gasteiger partial charge < -0.3 is 4.74 Å². The molecule has 0 atom stereocenters. The molecule has 0 aliphatic carbocycles. The number of nitrogens with one attached hydrogen (secondary N) is 1. The first-order chi connectivity index (χ1) is 10.6. The van der Waals surface area contributed by atoms with Crippen LogP contribution in [0.4, 0.5) is 0 Å². The Bertz CT molecular complexity index is 681. The summed E-state index contributed by atoms with van der Waals surface area (Å²) in [4.78, 5) is 11.7. The summed E-state index contributed by atoms with van der Waals surface area (Å²) in [5, 5.41) is 4.53. The average Bonchev–Trinajstić information content (AvgIpc) is 2.52. The second kappa shape index (κ2) is 7.61. The highest BCUT2D eigenvalue weighted by molar-refractivity contribution is 6.32. The Balaban J connectivity index is 1.88. The Morgan fingerprint density at radius 1 is 1.18 bits per heavy atom. The Kier molecular flexibility index (Phi) is 5.55. The van der Waals surface area contributed by atoms with Crippen LogP contribution in [0.2, 0.25) is 5.02 Å². The van der Waals surface area contributed by atoms with E-state index in [-0.39, 0.29) is 12.5 Å². The summed E-state index contributed by atoms with van der Waals surface area (Å²) in [6.07, 6.45) is 0. The van der Waals surface area contributed by atoms with Crippen LogP contribution in [0.25, 0.3) is 0 Å². The van der Waals surface area contributed by atoms with E-state index in [1.807, 2.05) is 38.1 Å². The second-order valence-corrected chi connectivity index (χ2v) is 5.22. The number of rotatable bonds is 5. The van der Waals surface area contributed by atoms with Crippen LogP contribution in [0.15, 0.2) is 53.6 Å². The minimum absolute atomic E-state index is 0.144. The third-order valence-electron chi connectivity index (χ3n) is 3.01. The fraction of sp³-hybridized carbons (Fsp3) is 0.176. The molecule has 0 spiro atoms. The topological polar surface area (TPSA) is 50.7 Å². The molecule has 0 bridgehead atoms. The van der Waals surface area contributed by atoms with Crippen LogP contribution in [0.5, 0.6) is 5.75 Å². The van der Waals surface area contributed by atoms with Crippen LogP contribution >= 0.6 is 11.6 Å². The number of hydrogen-bond acceptors (Lipinski definition) is 3. The highest BCUT2D eigenvalue weighted by atomic mass is 35.5. The lowest BCUT2D eigenvalue weighted by Crippen LogP contribution is -2.25. The number of hydrogen-bond donors (Lipinski definition) is 1. The molecule has 4 nitrogen and oxygen atoms in total. The molecule has 0 aromatic heterocycles. The van der Waals surface area contributed by atoms with Gasteiger partial charge in [0, 0.05) is 0 Å². The molecule has 0 aliphatic heterocycles. The van der Waals surface area contributed by atoms with Crippen LogP contribution in [-0.4, -0.2) is 18.2 Å². The van der Waals surface area contributed by atoms with Crippen molar-refractivity contribution in [2.45, 2.75) is 13.8 Å². The van der Waals surface area contributed by atoms with Crippen LogP contribution in [-0.2, 0) is 4.79 Å². The fourth-order valence-corrected chi connectivity index (χ4v) is 1.93. The van der Waals surface area contributed by atoms with Crippen molar-refractivity contribution in [3.63, 3.8) is 0 Å². The van der Waals surface area contributed by atoms with Gasteiger partial charge in [0.15, 0.2) is 6.61 Å². The molecule has 0 saturated carbocycles. The maximum absolute atomic E-state index is 11.7. The Morgan fingerprint density at radius 3 is 2.55 bits per heavy atom. The molecule has 2 aromatic carbocycles. The van der Waals surface area contributed by atoms with Crippen molar-refractivity contribution in [3.8, 4) is 5.75 Å². The quantitative estimate of drug-likeness (QED) is 0.677. The van der Waals surface area contributed by atoms with Gasteiger partial charge in [-0.3, -0.25) is 4.79 Å². The monoisotopic (exact) mass is 316 g/mol.